The Hall–Kier alpha value is -1.14. The van der Waals surface area contributed by atoms with Gasteiger partial charge in [-0.05, 0) is 6.42 Å². The molecule has 0 saturated carbocycles. The van der Waals surface area contributed by atoms with E-state index in [0.717, 1.165) is 0 Å². The number of carbonyl (C=O) groups excluding carboxylic acids is 2. The van der Waals surface area contributed by atoms with E-state index >= 15 is 0 Å². The van der Waals surface area contributed by atoms with Crippen molar-refractivity contribution in [1.82, 2.24) is 0 Å². The Balaban J connectivity index is 4.72. The number of hydrogen-bond donors (Lipinski definition) is 1. The average Bonchev–Trinajstić information content (AvgIpc) is 1.95. The third-order valence-corrected chi connectivity index (χ3v) is 1.90. The Morgan fingerprint density at radius 2 is 1.88 bits per heavy atom. The molecule has 0 aliphatic carbocycles. The molecule has 1 unspecified atom stereocenters. The van der Waals surface area contributed by atoms with Crippen LogP contribution in [0.15, 0.2) is 0 Å². The molecule has 0 heterocycles. The molecule has 0 saturated heterocycles. The molecule has 0 rings (SSSR count). The maximum absolute atomic E-state index is 11.3. The Bertz CT molecular complexity index is 284. The first-order valence-corrected chi connectivity index (χ1v) is 5.52. The normalized spacial score (nSPS) is 15.1. The number of ether oxygens (including phenoxy) is 1. The summed E-state index contributed by atoms with van der Waals surface area (Å²) >= 11 is 0. The van der Waals surface area contributed by atoms with Crippen molar-refractivity contribution in [3.63, 3.8) is 0 Å². The summed E-state index contributed by atoms with van der Waals surface area (Å²) in [6.07, 6.45) is -0.00488. The Morgan fingerprint density at radius 3 is 2.24 bits per heavy atom. The van der Waals surface area contributed by atoms with Gasteiger partial charge >= 0.3 is 5.97 Å². The van der Waals surface area contributed by atoms with Gasteiger partial charge in [0.15, 0.2) is 0 Å². The highest BCUT2D eigenvalue weighted by molar-refractivity contribution is 5.71. The molecule has 0 spiro atoms. The first kappa shape index (κ1) is 15.9. The first-order chi connectivity index (χ1) is 7.58. The summed E-state index contributed by atoms with van der Waals surface area (Å²) in [6.45, 7) is 1.77. The van der Waals surface area contributed by atoms with Crippen LogP contribution in [-0.4, -0.2) is 55.0 Å². The topological polar surface area (TPSA) is 86.7 Å². The lowest BCUT2D eigenvalue weighted by atomic mass is 10.1. The minimum atomic E-state index is -2.01. The minimum Gasteiger partial charge on any atom is -0.550 e. The lowest BCUT2D eigenvalue weighted by molar-refractivity contribution is -0.880. The largest absolute Gasteiger partial charge is 0.550 e. The summed E-state index contributed by atoms with van der Waals surface area (Å²) in [5, 5.41) is 20.6. The number of quaternary nitrogens is 1. The van der Waals surface area contributed by atoms with Crippen molar-refractivity contribution in [3.05, 3.63) is 0 Å². The monoisotopic (exact) mass is 247 g/mol. The second-order valence-electron chi connectivity index (χ2n) is 5.17. The number of esters is 1. The van der Waals surface area contributed by atoms with Gasteiger partial charge < -0.3 is 24.2 Å². The summed E-state index contributed by atoms with van der Waals surface area (Å²) in [5.74, 6) is -4.07. The van der Waals surface area contributed by atoms with E-state index in [1.807, 2.05) is 0 Å². The van der Waals surface area contributed by atoms with Crippen LogP contribution in [0.25, 0.3) is 0 Å². The number of carbonyl (C=O) groups is 2. The molecule has 1 atom stereocenters. The van der Waals surface area contributed by atoms with Crippen molar-refractivity contribution < 1.29 is 29.0 Å². The molecule has 6 nitrogen and oxygen atoms in total. The zero-order valence-corrected chi connectivity index (χ0v) is 10.9. The van der Waals surface area contributed by atoms with Gasteiger partial charge in [0, 0.05) is 12.4 Å². The number of likely N-dealkylation sites (N-methyl/N-ethyl adjacent to an activating group) is 1. The molecule has 17 heavy (non-hydrogen) atoms. The van der Waals surface area contributed by atoms with E-state index in [1.54, 1.807) is 28.1 Å². The third kappa shape index (κ3) is 7.70. The number of nitrogens with zero attached hydrogens (tertiary/aromatic N) is 1. The number of aliphatic hydroxyl groups is 1. The summed E-state index contributed by atoms with van der Waals surface area (Å²) in [4.78, 5) is 21.9. The van der Waals surface area contributed by atoms with Crippen molar-refractivity contribution >= 4 is 11.9 Å². The second-order valence-corrected chi connectivity index (χ2v) is 5.17. The molecule has 0 aromatic heterocycles. The lowest BCUT2D eigenvalue weighted by Crippen LogP contribution is -2.54. The Labute approximate surface area is 101 Å². The van der Waals surface area contributed by atoms with E-state index in [4.69, 9.17) is 4.74 Å². The number of carboxylic acid groups (broad SMARTS) is 1. The molecule has 0 radical (unpaired) electrons. The predicted octanol–water partition coefficient (Wildman–Crippen LogP) is -1.14. The average molecular weight is 247 g/mol. The highest BCUT2D eigenvalue weighted by atomic mass is 16.7. The van der Waals surface area contributed by atoms with Crippen molar-refractivity contribution in [2.24, 2.45) is 0 Å². The zero-order valence-electron chi connectivity index (χ0n) is 10.9. The van der Waals surface area contributed by atoms with E-state index < -0.39 is 24.1 Å². The van der Waals surface area contributed by atoms with Gasteiger partial charge in [0.05, 0.1) is 27.6 Å². The van der Waals surface area contributed by atoms with E-state index in [9.17, 15) is 19.8 Å². The SMILES string of the molecule is CCCC(=O)OC(O)(CC(=O)[O-])C[N+](C)(C)C. The maximum Gasteiger partial charge on any atom is 0.308 e. The van der Waals surface area contributed by atoms with Gasteiger partial charge in [-0.1, -0.05) is 6.92 Å². The van der Waals surface area contributed by atoms with E-state index in [1.165, 1.54) is 0 Å². The lowest BCUT2D eigenvalue weighted by Gasteiger charge is -2.35. The smallest absolute Gasteiger partial charge is 0.308 e. The van der Waals surface area contributed by atoms with Gasteiger partial charge in [0.1, 0.15) is 6.54 Å². The number of aliphatic carboxylic acids is 1. The van der Waals surface area contributed by atoms with Crippen LogP contribution in [0.5, 0.6) is 0 Å². The molecule has 0 aliphatic heterocycles. The number of hydrogen-bond acceptors (Lipinski definition) is 5. The highest BCUT2D eigenvalue weighted by Gasteiger charge is 2.37. The Kier molecular flexibility index (Phi) is 5.57. The maximum atomic E-state index is 11.3. The fraction of sp³-hybridized carbons (Fsp3) is 0.818. The van der Waals surface area contributed by atoms with Gasteiger partial charge in [-0.15, -0.1) is 0 Å². The molecule has 0 aromatic rings. The zero-order chi connectivity index (χ0) is 13.7. The Morgan fingerprint density at radius 1 is 1.35 bits per heavy atom. The number of carboxylic acids is 1. The van der Waals surface area contributed by atoms with Gasteiger partial charge in [-0.2, -0.15) is 0 Å². The predicted molar refractivity (Wildman–Crippen MR) is 58.5 cm³/mol. The summed E-state index contributed by atoms with van der Waals surface area (Å²) in [5.41, 5.74) is 0. The van der Waals surface area contributed by atoms with Gasteiger partial charge in [-0.25, -0.2) is 0 Å². The summed E-state index contributed by atoms with van der Waals surface area (Å²) in [6, 6.07) is 0. The quantitative estimate of drug-likeness (QED) is 0.349. The van der Waals surface area contributed by atoms with Crippen LogP contribution in [0.4, 0.5) is 0 Å². The van der Waals surface area contributed by atoms with Crippen LogP contribution in [0, 0.1) is 0 Å². The molecule has 0 aliphatic rings. The fourth-order valence-electron chi connectivity index (χ4n) is 1.56. The van der Waals surface area contributed by atoms with Crippen molar-refractivity contribution in [2.75, 3.05) is 27.7 Å². The molecule has 0 aromatic carbocycles. The van der Waals surface area contributed by atoms with Gasteiger partial charge in [0.2, 0.25) is 0 Å². The van der Waals surface area contributed by atoms with E-state index in [-0.39, 0.29) is 17.4 Å². The fourth-order valence-corrected chi connectivity index (χ4v) is 1.56. The van der Waals surface area contributed by atoms with Crippen molar-refractivity contribution in [3.8, 4) is 0 Å². The molecular formula is C11H21NO5. The molecule has 1 N–H and O–H groups in total. The van der Waals surface area contributed by atoms with Crippen LogP contribution in [-0.2, 0) is 14.3 Å². The minimum absolute atomic E-state index is 0.0174. The van der Waals surface area contributed by atoms with E-state index in [0.29, 0.717) is 6.42 Å². The van der Waals surface area contributed by atoms with Crippen molar-refractivity contribution in [1.29, 1.82) is 0 Å². The van der Waals surface area contributed by atoms with Crippen LogP contribution in [0.1, 0.15) is 26.2 Å². The second kappa shape index (κ2) is 5.97. The molecule has 0 bridgehead atoms. The molecule has 6 heteroatoms. The third-order valence-electron chi connectivity index (χ3n) is 1.90. The molecule has 100 valence electrons. The van der Waals surface area contributed by atoms with Crippen LogP contribution in [0.3, 0.4) is 0 Å². The van der Waals surface area contributed by atoms with Gasteiger partial charge in [-0.3, -0.25) is 4.79 Å². The standard InChI is InChI=1S/C11H21NO5/c1-5-6-10(15)17-11(16,7-9(13)14)8-12(2,3)4/h16H,5-8H2,1-4H3. The molecular weight excluding hydrogens is 226 g/mol. The summed E-state index contributed by atoms with van der Waals surface area (Å²) in [7, 11) is 5.27. The van der Waals surface area contributed by atoms with Crippen LogP contribution in [0.2, 0.25) is 0 Å². The highest BCUT2D eigenvalue weighted by Crippen LogP contribution is 2.17. The van der Waals surface area contributed by atoms with Crippen molar-refractivity contribution in [2.45, 2.75) is 32.0 Å². The summed E-state index contributed by atoms with van der Waals surface area (Å²) < 4.78 is 5.11. The molecule has 0 amide bonds. The molecule has 0 fully saturated rings. The van der Waals surface area contributed by atoms with Crippen LogP contribution >= 0.6 is 0 Å². The van der Waals surface area contributed by atoms with Crippen LogP contribution < -0.4 is 5.11 Å². The van der Waals surface area contributed by atoms with Gasteiger partial charge in [0.25, 0.3) is 5.79 Å². The van der Waals surface area contributed by atoms with E-state index in [2.05, 4.69) is 0 Å². The first-order valence-electron chi connectivity index (χ1n) is 5.52. The number of rotatable bonds is 7.